The van der Waals surface area contributed by atoms with E-state index in [0.29, 0.717) is 24.5 Å². The first-order valence-corrected chi connectivity index (χ1v) is 7.18. The normalized spacial score (nSPS) is 10.3. The summed E-state index contributed by atoms with van der Waals surface area (Å²) in [5, 5.41) is 0. The zero-order valence-corrected chi connectivity index (χ0v) is 13.0. The lowest BCUT2D eigenvalue weighted by Gasteiger charge is -2.17. The zero-order chi connectivity index (χ0) is 15.9. The van der Waals surface area contributed by atoms with Crippen LogP contribution in [0.3, 0.4) is 0 Å². The molecule has 2 rings (SSSR count). The Morgan fingerprint density at radius 3 is 2.59 bits per heavy atom. The third-order valence-corrected chi connectivity index (χ3v) is 3.32. The van der Waals surface area contributed by atoms with Crippen molar-refractivity contribution in [1.29, 1.82) is 0 Å². The van der Waals surface area contributed by atoms with Gasteiger partial charge >= 0.3 is 0 Å². The van der Waals surface area contributed by atoms with Crippen LogP contribution in [-0.2, 0) is 11.2 Å². The average Bonchev–Trinajstić information content (AvgIpc) is 2.51. The lowest BCUT2D eigenvalue weighted by atomic mass is 10.2. The van der Waals surface area contributed by atoms with Crippen molar-refractivity contribution in [2.24, 2.45) is 0 Å². The molecule has 1 amide bonds. The summed E-state index contributed by atoms with van der Waals surface area (Å²) in [7, 11) is 1.76. The number of aromatic nitrogens is 1. The Labute approximate surface area is 130 Å². The maximum Gasteiger partial charge on any atom is 0.228 e. The summed E-state index contributed by atoms with van der Waals surface area (Å²) < 4.78 is 5.62. The summed E-state index contributed by atoms with van der Waals surface area (Å²) in [4.78, 5) is 17.9. The summed E-state index contributed by atoms with van der Waals surface area (Å²) in [6.45, 7) is 3.02. The van der Waals surface area contributed by atoms with Gasteiger partial charge in [0.2, 0.25) is 5.91 Å². The summed E-state index contributed by atoms with van der Waals surface area (Å²) >= 11 is 0. The molecule has 5 heteroatoms. The van der Waals surface area contributed by atoms with Crippen LogP contribution in [0.1, 0.15) is 11.3 Å². The number of nitrogens with two attached hydrogens (primary N) is 1. The smallest absolute Gasteiger partial charge is 0.228 e. The predicted molar refractivity (Wildman–Crippen MR) is 86.7 cm³/mol. The van der Waals surface area contributed by atoms with Gasteiger partial charge in [-0.2, -0.15) is 0 Å². The molecule has 0 atom stereocenters. The van der Waals surface area contributed by atoms with E-state index in [1.807, 2.05) is 31.2 Å². The van der Waals surface area contributed by atoms with Crippen molar-refractivity contribution in [3.05, 3.63) is 53.9 Å². The number of anilines is 1. The topological polar surface area (TPSA) is 68.5 Å². The second kappa shape index (κ2) is 7.45. The molecule has 5 nitrogen and oxygen atoms in total. The van der Waals surface area contributed by atoms with E-state index in [9.17, 15) is 4.79 Å². The van der Waals surface area contributed by atoms with Crippen LogP contribution in [0.4, 0.5) is 5.69 Å². The molecule has 0 aliphatic rings. The maximum absolute atomic E-state index is 12.1. The Kier molecular flexibility index (Phi) is 5.36. The molecule has 0 fully saturated rings. The van der Waals surface area contributed by atoms with E-state index in [-0.39, 0.29) is 12.3 Å². The molecule has 1 aromatic heterocycles. The number of benzene rings is 1. The van der Waals surface area contributed by atoms with Crippen molar-refractivity contribution in [2.45, 2.75) is 13.3 Å². The van der Waals surface area contributed by atoms with Gasteiger partial charge in [-0.05, 0) is 31.2 Å². The van der Waals surface area contributed by atoms with E-state index in [2.05, 4.69) is 4.98 Å². The van der Waals surface area contributed by atoms with Gasteiger partial charge in [0.05, 0.1) is 24.8 Å². The minimum atomic E-state index is 0.00442. The number of hydrogen-bond acceptors (Lipinski definition) is 4. The Morgan fingerprint density at radius 1 is 1.23 bits per heavy atom. The quantitative estimate of drug-likeness (QED) is 0.886. The molecule has 0 saturated heterocycles. The van der Waals surface area contributed by atoms with Gasteiger partial charge in [0, 0.05) is 12.7 Å². The van der Waals surface area contributed by atoms with E-state index in [4.69, 9.17) is 10.5 Å². The van der Waals surface area contributed by atoms with Crippen molar-refractivity contribution in [1.82, 2.24) is 9.88 Å². The number of carbonyl (C=O) groups excluding carboxylic acids is 1. The van der Waals surface area contributed by atoms with Gasteiger partial charge in [0.15, 0.2) is 0 Å². The van der Waals surface area contributed by atoms with Crippen LogP contribution in [0, 0.1) is 6.92 Å². The van der Waals surface area contributed by atoms with Gasteiger partial charge in [-0.15, -0.1) is 0 Å². The summed E-state index contributed by atoms with van der Waals surface area (Å²) in [5.74, 6) is 0.816. The first kappa shape index (κ1) is 15.8. The average molecular weight is 299 g/mol. The number of hydrogen-bond donors (Lipinski definition) is 1. The van der Waals surface area contributed by atoms with Crippen LogP contribution < -0.4 is 10.5 Å². The summed E-state index contributed by atoms with van der Waals surface area (Å²) in [6, 6.07) is 11.4. The number of ether oxygens (including phenoxy) is 1. The largest absolute Gasteiger partial charge is 0.492 e. The summed E-state index contributed by atoms with van der Waals surface area (Å²) in [5.41, 5.74) is 8.07. The predicted octanol–water partition coefficient (Wildman–Crippen LogP) is 2.05. The molecule has 0 spiro atoms. The highest BCUT2D eigenvalue weighted by molar-refractivity contribution is 5.78. The molecule has 0 radical (unpaired) electrons. The van der Waals surface area contributed by atoms with Crippen LogP contribution >= 0.6 is 0 Å². The fourth-order valence-electron chi connectivity index (χ4n) is 1.89. The Balaban J connectivity index is 1.76. The minimum absolute atomic E-state index is 0.00442. The maximum atomic E-state index is 12.1. The second-order valence-corrected chi connectivity index (χ2v) is 5.24. The highest BCUT2D eigenvalue weighted by Gasteiger charge is 2.10. The van der Waals surface area contributed by atoms with Crippen molar-refractivity contribution in [3.63, 3.8) is 0 Å². The molecule has 2 aromatic rings. The molecule has 0 aliphatic carbocycles. The lowest BCUT2D eigenvalue weighted by molar-refractivity contribution is -0.129. The Morgan fingerprint density at radius 2 is 1.95 bits per heavy atom. The van der Waals surface area contributed by atoms with Gasteiger partial charge in [-0.25, -0.2) is 0 Å². The number of pyridine rings is 1. The number of nitrogen functional groups attached to an aromatic ring is 1. The standard InChI is InChI=1S/C17H21N3O2/c1-13-3-7-16(8-4-13)22-10-9-20(2)17(21)11-15-6-5-14(18)12-19-15/h3-8,12H,9-11,18H2,1-2H3. The molecular weight excluding hydrogens is 278 g/mol. The number of aryl methyl sites for hydroxylation is 1. The third kappa shape index (κ3) is 4.77. The van der Waals surface area contributed by atoms with Crippen LogP contribution in [0.2, 0.25) is 0 Å². The third-order valence-electron chi connectivity index (χ3n) is 3.32. The van der Waals surface area contributed by atoms with Gasteiger partial charge in [-0.3, -0.25) is 9.78 Å². The SMILES string of the molecule is Cc1ccc(OCCN(C)C(=O)Cc2ccc(N)cn2)cc1. The van der Waals surface area contributed by atoms with Crippen molar-refractivity contribution in [3.8, 4) is 5.75 Å². The molecule has 1 aromatic carbocycles. The van der Waals surface area contributed by atoms with Crippen LogP contribution in [-0.4, -0.2) is 36.0 Å². The van der Waals surface area contributed by atoms with Crippen LogP contribution in [0.15, 0.2) is 42.6 Å². The van der Waals surface area contributed by atoms with Gasteiger partial charge in [0.25, 0.3) is 0 Å². The first-order chi connectivity index (χ1) is 10.5. The highest BCUT2D eigenvalue weighted by Crippen LogP contribution is 2.11. The first-order valence-electron chi connectivity index (χ1n) is 7.18. The van der Waals surface area contributed by atoms with Gasteiger partial charge in [-0.1, -0.05) is 17.7 Å². The van der Waals surface area contributed by atoms with Gasteiger partial charge < -0.3 is 15.4 Å². The number of rotatable bonds is 6. The van der Waals surface area contributed by atoms with E-state index in [0.717, 1.165) is 5.75 Å². The van der Waals surface area contributed by atoms with E-state index in [1.54, 1.807) is 30.3 Å². The number of carbonyl (C=O) groups is 1. The second-order valence-electron chi connectivity index (χ2n) is 5.24. The fraction of sp³-hybridized carbons (Fsp3) is 0.294. The zero-order valence-electron chi connectivity index (χ0n) is 13.0. The number of likely N-dealkylation sites (N-methyl/N-ethyl adjacent to an activating group) is 1. The lowest BCUT2D eigenvalue weighted by Crippen LogP contribution is -2.32. The molecule has 22 heavy (non-hydrogen) atoms. The van der Waals surface area contributed by atoms with Crippen LogP contribution in [0.25, 0.3) is 0 Å². The molecule has 0 aliphatic heterocycles. The molecule has 1 heterocycles. The number of nitrogens with zero attached hydrogens (tertiary/aromatic N) is 2. The van der Waals surface area contributed by atoms with E-state index >= 15 is 0 Å². The highest BCUT2D eigenvalue weighted by atomic mass is 16.5. The summed E-state index contributed by atoms with van der Waals surface area (Å²) in [6.07, 6.45) is 1.82. The van der Waals surface area contributed by atoms with Crippen molar-refractivity contribution < 1.29 is 9.53 Å². The van der Waals surface area contributed by atoms with E-state index < -0.39 is 0 Å². The number of amides is 1. The fourth-order valence-corrected chi connectivity index (χ4v) is 1.89. The van der Waals surface area contributed by atoms with Crippen molar-refractivity contribution in [2.75, 3.05) is 25.9 Å². The van der Waals surface area contributed by atoms with E-state index in [1.165, 1.54) is 5.56 Å². The van der Waals surface area contributed by atoms with Crippen molar-refractivity contribution >= 4 is 11.6 Å². The molecule has 2 N–H and O–H groups in total. The molecule has 116 valence electrons. The monoisotopic (exact) mass is 299 g/mol. The molecule has 0 saturated carbocycles. The van der Waals surface area contributed by atoms with Crippen LogP contribution in [0.5, 0.6) is 5.75 Å². The molecule has 0 unspecified atom stereocenters. The minimum Gasteiger partial charge on any atom is -0.492 e. The molecular formula is C17H21N3O2. The Bertz CT molecular complexity index is 609. The molecule has 0 bridgehead atoms. The Hall–Kier alpha value is -2.56. The van der Waals surface area contributed by atoms with Gasteiger partial charge in [0.1, 0.15) is 12.4 Å².